The highest BCUT2D eigenvalue weighted by Gasteiger charge is 2.25. The van der Waals surface area contributed by atoms with Gasteiger partial charge in [-0.3, -0.25) is 9.69 Å². The molecule has 2 aliphatic heterocycles. The zero-order valence-electron chi connectivity index (χ0n) is 21.2. The van der Waals surface area contributed by atoms with Crippen molar-refractivity contribution in [3.05, 3.63) is 41.3 Å². The van der Waals surface area contributed by atoms with E-state index in [-0.39, 0.29) is 5.91 Å². The quantitative estimate of drug-likeness (QED) is 0.494. The molecule has 2 saturated heterocycles. The molecular formula is C29H42N4OS. The van der Waals surface area contributed by atoms with Crippen LogP contribution < -0.4 is 10.2 Å². The Morgan fingerprint density at radius 1 is 0.886 bits per heavy atom. The second-order valence-electron chi connectivity index (χ2n) is 10.5. The van der Waals surface area contributed by atoms with Crippen LogP contribution in [-0.2, 0) is 0 Å². The molecule has 1 amide bonds. The first-order chi connectivity index (χ1) is 17.3. The molecule has 0 unspecified atom stereocenters. The van der Waals surface area contributed by atoms with E-state index in [0.717, 1.165) is 43.5 Å². The molecule has 1 aliphatic carbocycles. The first-order valence-electron chi connectivity index (χ1n) is 14.0. The molecule has 1 aromatic heterocycles. The highest BCUT2D eigenvalue weighted by molar-refractivity contribution is 7.18. The monoisotopic (exact) mass is 494 g/mol. The molecule has 1 N–H and O–H groups in total. The van der Waals surface area contributed by atoms with Crippen LogP contribution in [0.4, 0.5) is 5.00 Å². The van der Waals surface area contributed by atoms with E-state index < -0.39 is 0 Å². The molecule has 190 valence electrons. The standard InChI is InChI=1S/C29H42N4OS/c34-28(30-15-10-16-31-19-21-32(22-20-31)25-13-6-2-7-14-25)27-23-26(24-11-4-1-5-12-24)29(35-27)33-17-8-3-9-18-33/h1,4-5,11-12,23,25H,2-3,6-10,13-22H2,(H,30,34). The van der Waals surface area contributed by atoms with Gasteiger partial charge in [-0.05, 0) is 56.7 Å². The molecule has 3 fully saturated rings. The molecule has 35 heavy (non-hydrogen) atoms. The molecule has 0 spiro atoms. The summed E-state index contributed by atoms with van der Waals surface area (Å²) in [6.45, 7) is 8.80. The average molecular weight is 495 g/mol. The Bertz CT molecular complexity index is 925. The number of anilines is 1. The third kappa shape index (κ3) is 6.46. The number of amides is 1. The molecular weight excluding hydrogens is 452 g/mol. The summed E-state index contributed by atoms with van der Waals surface area (Å²) in [6.07, 6.45) is 11.9. The van der Waals surface area contributed by atoms with E-state index in [1.54, 1.807) is 11.3 Å². The number of hydrogen-bond donors (Lipinski definition) is 1. The van der Waals surface area contributed by atoms with E-state index in [2.05, 4.69) is 56.4 Å². The van der Waals surface area contributed by atoms with E-state index in [9.17, 15) is 4.79 Å². The van der Waals surface area contributed by atoms with E-state index in [1.807, 2.05) is 0 Å². The number of rotatable bonds is 8. The molecule has 3 aliphatic rings. The molecule has 2 aromatic rings. The van der Waals surface area contributed by atoms with E-state index in [1.165, 1.54) is 93.7 Å². The van der Waals surface area contributed by atoms with Gasteiger partial charge >= 0.3 is 0 Å². The van der Waals surface area contributed by atoms with Crippen LogP contribution in [0.1, 0.15) is 67.5 Å². The molecule has 1 saturated carbocycles. The minimum Gasteiger partial charge on any atom is -0.363 e. The third-order valence-corrected chi connectivity index (χ3v) is 9.29. The SMILES string of the molecule is O=C(NCCCN1CCN(C2CCCCC2)CC1)c1cc(-c2ccccc2)c(N2CCCCC2)s1. The average Bonchev–Trinajstić information content (AvgIpc) is 3.39. The predicted octanol–water partition coefficient (Wildman–Crippen LogP) is 5.48. The van der Waals surface area contributed by atoms with Crippen LogP contribution in [0.3, 0.4) is 0 Å². The maximum Gasteiger partial charge on any atom is 0.261 e. The summed E-state index contributed by atoms with van der Waals surface area (Å²) in [5.41, 5.74) is 2.41. The Balaban J connectivity index is 1.11. The Kier molecular flexibility index (Phi) is 8.77. The highest BCUT2D eigenvalue weighted by Crippen LogP contribution is 2.40. The third-order valence-electron chi connectivity index (χ3n) is 8.10. The smallest absolute Gasteiger partial charge is 0.261 e. The largest absolute Gasteiger partial charge is 0.363 e. The topological polar surface area (TPSA) is 38.8 Å². The van der Waals surface area contributed by atoms with Gasteiger partial charge in [0.25, 0.3) is 5.91 Å². The Morgan fingerprint density at radius 2 is 1.60 bits per heavy atom. The molecule has 5 nitrogen and oxygen atoms in total. The first kappa shape index (κ1) is 24.8. The molecule has 0 atom stereocenters. The van der Waals surface area contributed by atoms with Crippen molar-refractivity contribution in [3.8, 4) is 11.1 Å². The van der Waals surface area contributed by atoms with Crippen LogP contribution in [0.15, 0.2) is 36.4 Å². The second kappa shape index (κ2) is 12.4. The number of hydrogen-bond acceptors (Lipinski definition) is 5. The van der Waals surface area contributed by atoms with Gasteiger partial charge in [0.05, 0.1) is 9.88 Å². The maximum atomic E-state index is 13.1. The number of thiophene rings is 1. The Labute approximate surface area is 215 Å². The molecule has 5 rings (SSSR count). The maximum absolute atomic E-state index is 13.1. The summed E-state index contributed by atoms with van der Waals surface area (Å²) in [5, 5.41) is 4.47. The summed E-state index contributed by atoms with van der Waals surface area (Å²) < 4.78 is 0. The number of piperidine rings is 1. The van der Waals surface area contributed by atoms with Crippen molar-refractivity contribution in [3.63, 3.8) is 0 Å². The lowest BCUT2D eigenvalue weighted by Crippen LogP contribution is -2.51. The number of benzene rings is 1. The zero-order chi connectivity index (χ0) is 23.9. The number of nitrogens with zero attached hydrogens (tertiary/aromatic N) is 3. The fourth-order valence-electron chi connectivity index (χ4n) is 6.04. The van der Waals surface area contributed by atoms with Crippen LogP contribution in [-0.4, -0.2) is 74.1 Å². The van der Waals surface area contributed by atoms with Crippen LogP contribution in [0.5, 0.6) is 0 Å². The van der Waals surface area contributed by atoms with Crippen molar-refractivity contribution in [1.29, 1.82) is 0 Å². The van der Waals surface area contributed by atoms with Crippen molar-refractivity contribution in [2.75, 3.05) is 57.3 Å². The van der Waals surface area contributed by atoms with Crippen molar-refractivity contribution < 1.29 is 4.79 Å². The zero-order valence-corrected chi connectivity index (χ0v) is 22.0. The van der Waals surface area contributed by atoms with Gasteiger partial charge in [0.2, 0.25) is 0 Å². The summed E-state index contributed by atoms with van der Waals surface area (Å²) in [6, 6.07) is 13.5. The van der Waals surface area contributed by atoms with Gasteiger partial charge in [-0.15, -0.1) is 11.3 Å². The molecule has 0 bridgehead atoms. The van der Waals surface area contributed by atoms with Crippen LogP contribution >= 0.6 is 11.3 Å². The van der Waals surface area contributed by atoms with Crippen LogP contribution in [0.25, 0.3) is 11.1 Å². The van der Waals surface area contributed by atoms with E-state index in [0.29, 0.717) is 0 Å². The summed E-state index contributed by atoms with van der Waals surface area (Å²) >= 11 is 1.67. The Hall–Kier alpha value is -1.89. The van der Waals surface area contributed by atoms with Gasteiger partial charge in [0.15, 0.2) is 0 Å². The molecule has 6 heteroatoms. The number of nitrogens with one attached hydrogen (secondary N) is 1. The predicted molar refractivity (Wildman–Crippen MR) is 148 cm³/mol. The second-order valence-corrected chi connectivity index (χ2v) is 11.6. The highest BCUT2D eigenvalue weighted by atomic mass is 32.1. The fraction of sp³-hybridized carbons (Fsp3) is 0.621. The number of carbonyl (C=O) groups excluding carboxylic acids is 1. The van der Waals surface area contributed by atoms with Gasteiger partial charge in [0.1, 0.15) is 0 Å². The molecule has 3 heterocycles. The number of piperazine rings is 1. The van der Waals surface area contributed by atoms with Crippen molar-refractivity contribution >= 4 is 22.2 Å². The van der Waals surface area contributed by atoms with Crippen molar-refractivity contribution in [2.24, 2.45) is 0 Å². The van der Waals surface area contributed by atoms with Gasteiger partial charge in [0, 0.05) is 57.4 Å². The van der Waals surface area contributed by atoms with Gasteiger partial charge in [-0.25, -0.2) is 0 Å². The lowest BCUT2D eigenvalue weighted by atomic mass is 9.94. The van der Waals surface area contributed by atoms with E-state index >= 15 is 0 Å². The van der Waals surface area contributed by atoms with Crippen LogP contribution in [0, 0.1) is 0 Å². The van der Waals surface area contributed by atoms with Gasteiger partial charge in [-0.2, -0.15) is 0 Å². The van der Waals surface area contributed by atoms with Gasteiger partial charge in [-0.1, -0.05) is 49.6 Å². The lowest BCUT2D eigenvalue weighted by Gasteiger charge is -2.40. The number of carbonyl (C=O) groups is 1. The lowest BCUT2D eigenvalue weighted by molar-refractivity contribution is 0.0779. The molecule has 0 radical (unpaired) electrons. The fourth-order valence-corrected chi connectivity index (χ4v) is 7.19. The van der Waals surface area contributed by atoms with Crippen LogP contribution in [0.2, 0.25) is 0 Å². The Morgan fingerprint density at radius 3 is 2.34 bits per heavy atom. The van der Waals surface area contributed by atoms with Gasteiger partial charge < -0.3 is 15.1 Å². The summed E-state index contributed by atoms with van der Waals surface area (Å²) in [7, 11) is 0. The summed E-state index contributed by atoms with van der Waals surface area (Å²) in [4.78, 5) is 21.7. The van der Waals surface area contributed by atoms with E-state index in [4.69, 9.17) is 0 Å². The molecule has 1 aromatic carbocycles. The summed E-state index contributed by atoms with van der Waals surface area (Å²) in [5.74, 6) is 0.0811. The first-order valence-corrected chi connectivity index (χ1v) is 14.8. The minimum absolute atomic E-state index is 0.0811. The normalized spacial score (nSPS) is 20.7. The minimum atomic E-state index is 0.0811. The van der Waals surface area contributed by atoms with Crippen molar-refractivity contribution in [2.45, 2.75) is 63.8 Å². The van der Waals surface area contributed by atoms with Crippen molar-refractivity contribution in [1.82, 2.24) is 15.1 Å².